The fourth-order valence-electron chi connectivity index (χ4n) is 3.57. The average Bonchev–Trinajstić information content (AvgIpc) is 3.09. The minimum absolute atomic E-state index is 0.0253. The van der Waals surface area contributed by atoms with E-state index in [4.69, 9.17) is 0 Å². The third-order valence-electron chi connectivity index (χ3n) is 4.94. The highest BCUT2D eigenvalue weighted by atomic mass is 32.2. The lowest BCUT2D eigenvalue weighted by Gasteiger charge is -2.09. The van der Waals surface area contributed by atoms with Crippen molar-refractivity contribution in [1.82, 2.24) is 9.97 Å². The highest BCUT2D eigenvalue weighted by molar-refractivity contribution is 7.99. The van der Waals surface area contributed by atoms with Crippen molar-refractivity contribution in [3.05, 3.63) is 67.3 Å². The van der Waals surface area contributed by atoms with Gasteiger partial charge in [0.15, 0.2) is 5.16 Å². The molecule has 0 spiro atoms. The molecular formula is C22H19N5O2S2. The SMILES string of the molecule is Cc1cc(C)nc(Sc2ccc(C=Nc3sc4c(c3C#N)CCCC4)cc2[N+](=O)[O-])n1. The first-order valence-corrected chi connectivity index (χ1v) is 11.4. The second kappa shape index (κ2) is 8.96. The van der Waals surface area contributed by atoms with Gasteiger partial charge in [-0.25, -0.2) is 15.0 Å². The Kier molecular flexibility index (Phi) is 6.11. The largest absolute Gasteiger partial charge is 0.283 e. The van der Waals surface area contributed by atoms with Crippen LogP contribution in [0.15, 0.2) is 39.3 Å². The van der Waals surface area contributed by atoms with E-state index in [2.05, 4.69) is 21.0 Å². The number of thiophene rings is 1. The van der Waals surface area contributed by atoms with Crippen LogP contribution in [0.2, 0.25) is 0 Å². The number of aromatic nitrogens is 2. The molecule has 0 fully saturated rings. The molecule has 0 bridgehead atoms. The van der Waals surface area contributed by atoms with Crippen LogP contribution in [0, 0.1) is 35.3 Å². The van der Waals surface area contributed by atoms with Gasteiger partial charge < -0.3 is 0 Å². The summed E-state index contributed by atoms with van der Waals surface area (Å²) in [5.41, 5.74) is 3.97. The molecule has 0 amide bonds. The van der Waals surface area contributed by atoms with Crippen LogP contribution in [0.3, 0.4) is 0 Å². The molecule has 1 aliphatic rings. The fraction of sp³-hybridized carbons (Fsp3) is 0.273. The van der Waals surface area contributed by atoms with Gasteiger partial charge in [0.25, 0.3) is 5.69 Å². The minimum Gasteiger partial charge on any atom is -0.258 e. The maximum Gasteiger partial charge on any atom is 0.283 e. The summed E-state index contributed by atoms with van der Waals surface area (Å²) in [6.07, 6.45) is 5.73. The number of nitro groups is 1. The number of aliphatic imine (C=N–C) groups is 1. The molecule has 0 saturated carbocycles. The number of hydrogen-bond donors (Lipinski definition) is 0. The van der Waals surface area contributed by atoms with E-state index < -0.39 is 4.92 Å². The fourth-order valence-corrected chi connectivity index (χ4v) is 5.71. The summed E-state index contributed by atoms with van der Waals surface area (Å²) in [4.78, 5) is 26.2. The smallest absolute Gasteiger partial charge is 0.258 e. The Hall–Kier alpha value is -3.09. The molecule has 0 N–H and O–H groups in total. The number of nitriles is 1. The van der Waals surface area contributed by atoms with Gasteiger partial charge in [0.1, 0.15) is 11.1 Å². The summed E-state index contributed by atoms with van der Waals surface area (Å²) in [7, 11) is 0. The van der Waals surface area contributed by atoms with E-state index in [0.29, 0.717) is 26.2 Å². The molecule has 0 saturated heterocycles. The third-order valence-corrected chi connectivity index (χ3v) is 7.07. The van der Waals surface area contributed by atoms with E-state index in [1.54, 1.807) is 29.7 Å². The lowest BCUT2D eigenvalue weighted by atomic mass is 9.96. The summed E-state index contributed by atoms with van der Waals surface area (Å²) in [5.74, 6) is 0. The van der Waals surface area contributed by atoms with Gasteiger partial charge in [-0.2, -0.15) is 5.26 Å². The van der Waals surface area contributed by atoms with Crippen LogP contribution in [0.4, 0.5) is 10.7 Å². The van der Waals surface area contributed by atoms with E-state index in [0.717, 1.165) is 42.6 Å². The minimum atomic E-state index is -0.410. The molecule has 31 heavy (non-hydrogen) atoms. The van der Waals surface area contributed by atoms with Gasteiger partial charge >= 0.3 is 0 Å². The third kappa shape index (κ3) is 4.65. The van der Waals surface area contributed by atoms with Crippen LogP contribution in [0.5, 0.6) is 0 Å². The van der Waals surface area contributed by atoms with Crippen LogP contribution in [-0.4, -0.2) is 21.1 Å². The van der Waals surface area contributed by atoms with Crippen molar-refractivity contribution >= 4 is 40.0 Å². The number of fused-ring (bicyclic) bond motifs is 1. The maximum absolute atomic E-state index is 11.7. The number of rotatable bonds is 5. The first-order valence-electron chi connectivity index (χ1n) is 9.82. The molecule has 156 valence electrons. The Morgan fingerprint density at radius 1 is 1.23 bits per heavy atom. The number of hydrogen-bond acceptors (Lipinski definition) is 8. The summed E-state index contributed by atoms with van der Waals surface area (Å²) < 4.78 is 0. The van der Waals surface area contributed by atoms with Gasteiger partial charge in [-0.1, -0.05) is 6.07 Å². The van der Waals surface area contributed by atoms with Gasteiger partial charge in [0.05, 0.1) is 15.4 Å². The van der Waals surface area contributed by atoms with Gasteiger partial charge in [0, 0.05) is 28.5 Å². The predicted molar refractivity (Wildman–Crippen MR) is 122 cm³/mol. The van der Waals surface area contributed by atoms with Crippen LogP contribution in [0.1, 0.15) is 45.8 Å². The lowest BCUT2D eigenvalue weighted by Crippen LogP contribution is -1.99. The van der Waals surface area contributed by atoms with E-state index in [1.807, 2.05) is 19.9 Å². The second-order valence-electron chi connectivity index (χ2n) is 7.28. The van der Waals surface area contributed by atoms with Crippen LogP contribution >= 0.6 is 23.1 Å². The maximum atomic E-state index is 11.7. The van der Waals surface area contributed by atoms with E-state index in [1.165, 1.54) is 22.7 Å². The quantitative estimate of drug-likeness (QED) is 0.214. The Bertz CT molecular complexity index is 1220. The van der Waals surface area contributed by atoms with Crippen molar-refractivity contribution in [3.63, 3.8) is 0 Å². The van der Waals surface area contributed by atoms with Crippen molar-refractivity contribution in [3.8, 4) is 6.07 Å². The van der Waals surface area contributed by atoms with Crippen molar-refractivity contribution < 1.29 is 4.92 Å². The highest BCUT2D eigenvalue weighted by Crippen LogP contribution is 2.39. The molecular weight excluding hydrogens is 430 g/mol. The number of benzene rings is 1. The molecule has 0 atom stereocenters. The van der Waals surface area contributed by atoms with Crippen LogP contribution in [0.25, 0.3) is 0 Å². The van der Waals surface area contributed by atoms with Crippen LogP contribution < -0.4 is 0 Å². The molecule has 1 aromatic carbocycles. The van der Waals surface area contributed by atoms with Crippen molar-refractivity contribution in [2.75, 3.05) is 0 Å². The summed E-state index contributed by atoms with van der Waals surface area (Å²) >= 11 is 2.72. The molecule has 0 radical (unpaired) electrons. The molecule has 2 heterocycles. The molecule has 7 nitrogen and oxygen atoms in total. The Morgan fingerprint density at radius 3 is 2.68 bits per heavy atom. The highest BCUT2D eigenvalue weighted by Gasteiger charge is 2.21. The first-order chi connectivity index (χ1) is 14.9. The van der Waals surface area contributed by atoms with Crippen molar-refractivity contribution in [2.24, 2.45) is 4.99 Å². The van der Waals surface area contributed by atoms with Gasteiger partial charge in [0.2, 0.25) is 0 Å². The van der Waals surface area contributed by atoms with E-state index >= 15 is 0 Å². The standard InChI is InChI=1S/C22H19N5O2S2/c1-13-9-14(2)26-22(25-13)31-20-8-7-15(10-18(20)27(28)29)12-24-21-17(11-23)16-5-3-4-6-19(16)30-21/h7-10,12H,3-6H2,1-2H3. The normalized spacial score (nSPS) is 13.2. The average molecular weight is 450 g/mol. The van der Waals surface area contributed by atoms with Gasteiger partial charge in [-0.05, 0) is 74.6 Å². The molecule has 0 aliphatic heterocycles. The molecule has 2 aromatic heterocycles. The Morgan fingerprint density at radius 2 is 1.97 bits per heavy atom. The molecule has 9 heteroatoms. The molecule has 4 rings (SSSR count). The van der Waals surface area contributed by atoms with E-state index in [9.17, 15) is 15.4 Å². The second-order valence-corrected chi connectivity index (χ2v) is 9.37. The lowest BCUT2D eigenvalue weighted by molar-refractivity contribution is -0.387. The summed E-state index contributed by atoms with van der Waals surface area (Å²) in [5, 5.41) is 22.4. The number of nitrogens with zero attached hydrogens (tertiary/aromatic N) is 5. The molecule has 3 aromatic rings. The summed E-state index contributed by atoms with van der Waals surface area (Å²) in [6, 6.07) is 9.11. The Labute approximate surface area is 188 Å². The number of aryl methyl sites for hydroxylation is 3. The van der Waals surface area contributed by atoms with Crippen molar-refractivity contribution in [2.45, 2.75) is 49.6 Å². The van der Waals surface area contributed by atoms with Gasteiger partial charge in [-0.3, -0.25) is 10.1 Å². The molecule has 1 aliphatic carbocycles. The Balaban J connectivity index is 1.63. The topological polar surface area (TPSA) is 105 Å². The van der Waals surface area contributed by atoms with Crippen molar-refractivity contribution in [1.29, 1.82) is 5.26 Å². The monoisotopic (exact) mass is 449 g/mol. The van der Waals surface area contributed by atoms with Crippen LogP contribution in [-0.2, 0) is 12.8 Å². The zero-order chi connectivity index (χ0) is 22.0. The summed E-state index contributed by atoms with van der Waals surface area (Å²) in [6.45, 7) is 3.73. The molecule has 0 unspecified atom stereocenters. The predicted octanol–water partition coefficient (Wildman–Crippen LogP) is 5.72. The number of nitro benzene ring substituents is 1. The zero-order valence-corrected chi connectivity index (χ0v) is 18.7. The van der Waals surface area contributed by atoms with E-state index in [-0.39, 0.29) is 5.69 Å². The van der Waals surface area contributed by atoms with Gasteiger partial charge in [-0.15, -0.1) is 11.3 Å². The first kappa shape index (κ1) is 21.2. The zero-order valence-electron chi connectivity index (χ0n) is 17.1.